The van der Waals surface area contributed by atoms with Gasteiger partial charge < -0.3 is 19.6 Å². The number of nitrogens with one attached hydrogen (secondary N) is 1. The Balaban J connectivity index is 1.23. The molecule has 1 amide bonds. The van der Waals surface area contributed by atoms with Gasteiger partial charge in [0, 0.05) is 38.2 Å². The number of carbonyl (C=O) groups excluding carboxylic acids is 1. The van der Waals surface area contributed by atoms with Gasteiger partial charge in [-0.15, -0.1) is 0 Å². The van der Waals surface area contributed by atoms with E-state index in [9.17, 15) is 9.90 Å². The number of benzene rings is 2. The molecule has 0 aliphatic carbocycles. The van der Waals surface area contributed by atoms with Crippen LogP contribution in [0.3, 0.4) is 0 Å². The Morgan fingerprint density at radius 1 is 1.12 bits per heavy atom. The van der Waals surface area contributed by atoms with E-state index in [-0.39, 0.29) is 12.0 Å². The molecule has 168 valence electrons. The molecule has 2 aliphatic rings. The zero-order valence-corrected chi connectivity index (χ0v) is 18.3. The Morgan fingerprint density at radius 2 is 1.94 bits per heavy atom. The van der Waals surface area contributed by atoms with Gasteiger partial charge in [0.05, 0.1) is 11.7 Å². The Morgan fingerprint density at radius 3 is 2.69 bits per heavy atom. The topological polar surface area (TPSA) is 74.9 Å². The lowest BCUT2D eigenvalue weighted by Gasteiger charge is -2.38. The average molecular weight is 435 g/mol. The van der Waals surface area contributed by atoms with E-state index in [1.54, 1.807) is 6.07 Å². The summed E-state index contributed by atoms with van der Waals surface area (Å²) in [7, 11) is 0. The lowest BCUT2D eigenvalue weighted by molar-refractivity contribution is -0.0276. The average Bonchev–Trinajstić information content (AvgIpc) is 3.49. The smallest absolute Gasteiger partial charge is 0.287 e. The fraction of sp³-hybridized carbons (Fsp3) is 0.423. The molecule has 2 fully saturated rings. The third kappa shape index (κ3) is 4.58. The van der Waals surface area contributed by atoms with Gasteiger partial charge in [-0.2, -0.15) is 0 Å². The molecule has 0 radical (unpaired) electrons. The zero-order valence-electron chi connectivity index (χ0n) is 18.3. The lowest BCUT2D eigenvalue weighted by Crippen LogP contribution is -2.42. The van der Waals surface area contributed by atoms with Crippen LogP contribution < -0.4 is 5.32 Å². The summed E-state index contributed by atoms with van der Waals surface area (Å²) >= 11 is 0. The van der Waals surface area contributed by atoms with Gasteiger partial charge in [0.25, 0.3) is 5.91 Å². The number of likely N-dealkylation sites (tertiary alicyclic amines) is 1. The van der Waals surface area contributed by atoms with Crippen LogP contribution in [0.25, 0.3) is 11.0 Å². The summed E-state index contributed by atoms with van der Waals surface area (Å²) in [5, 5.41) is 15.1. The van der Waals surface area contributed by atoms with Crippen molar-refractivity contribution in [2.45, 2.75) is 43.9 Å². The van der Waals surface area contributed by atoms with Gasteiger partial charge in [0.15, 0.2) is 5.76 Å². The van der Waals surface area contributed by atoms with Crippen LogP contribution in [0, 0.1) is 0 Å². The number of rotatable bonds is 6. The maximum Gasteiger partial charge on any atom is 0.287 e. The second-order valence-electron chi connectivity index (χ2n) is 9.00. The van der Waals surface area contributed by atoms with Crippen molar-refractivity contribution in [3.05, 3.63) is 71.5 Å². The monoisotopic (exact) mass is 434 g/mol. The van der Waals surface area contributed by atoms with Crippen LogP contribution in [-0.2, 0) is 16.9 Å². The number of piperidine rings is 1. The number of nitrogens with zero attached hydrogens (tertiary/aromatic N) is 1. The number of aliphatic hydroxyl groups is 1. The first-order valence-corrected chi connectivity index (χ1v) is 11.5. The van der Waals surface area contributed by atoms with E-state index in [1.165, 1.54) is 5.56 Å². The highest BCUT2D eigenvalue weighted by Crippen LogP contribution is 2.35. The van der Waals surface area contributed by atoms with Crippen molar-refractivity contribution in [2.24, 2.45) is 0 Å². The third-order valence-electron chi connectivity index (χ3n) is 6.72. The fourth-order valence-electron chi connectivity index (χ4n) is 4.76. The second-order valence-corrected chi connectivity index (χ2v) is 9.00. The number of furan rings is 1. The molecule has 0 saturated carbocycles. The zero-order chi connectivity index (χ0) is 22.0. The maximum absolute atomic E-state index is 12.5. The van der Waals surface area contributed by atoms with Gasteiger partial charge in [0.1, 0.15) is 5.58 Å². The molecule has 0 unspecified atom stereocenters. The molecule has 2 aliphatic heterocycles. The molecule has 32 heavy (non-hydrogen) atoms. The minimum Gasteiger partial charge on any atom is -0.451 e. The molecular weight excluding hydrogens is 404 g/mol. The number of ether oxygens (including phenoxy) is 1. The fourth-order valence-corrected chi connectivity index (χ4v) is 4.76. The van der Waals surface area contributed by atoms with Crippen LogP contribution in [0.2, 0.25) is 0 Å². The quantitative estimate of drug-likeness (QED) is 0.617. The minimum atomic E-state index is -0.860. The van der Waals surface area contributed by atoms with Crippen molar-refractivity contribution in [3.8, 4) is 0 Å². The van der Waals surface area contributed by atoms with Gasteiger partial charge in [-0.05, 0) is 55.0 Å². The highest BCUT2D eigenvalue weighted by atomic mass is 16.5. The van der Waals surface area contributed by atoms with Crippen molar-refractivity contribution < 1.29 is 19.1 Å². The molecular formula is C26H30N2O4. The molecule has 6 nitrogen and oxygen atoms in total. The van der Waals surface area contributed by atoms with Crippen LogP contribution >= 0.6 is 0 Å². The van der Waals surface area contributed by atoms with Gasteiger partial charge in [-0.3, -0.25) is 9.69 Å². The first-order valence-electron chi connectivity index (χ1n) is 11.5. The summed E-state index contributed by atoms with van der Waals surface area (Å²) in [6, 6.07) is 17.9. The van der Waals surface area contributed by atoms with Gasteiger partial charge in [0.2, 0.25) is 0 Å². The van der Waals surface area contributed by atoms with E-state index in [4.69, 9.17) is 9.15 Å². The predicted octanol–water partition coefficient (Wildman–Crippen LogP) is 3.83. The Kier molecular flexibility index (Phi) is 6.00. The van der Waals surface area contributed by atoms with Gasteiger partial charge in [-0.1, -0.05) is 36.4 Å². The Labute approximate surface area is 188 Å². The van der Waals surface area contributed by atoms with Crippen molar-refractivity contribution >= 4 is 16.9 Å². The van der Waals surface area contributed by atoms with Crippen LogP contribution in [0.1, 0.15) is 47.4 Å². The normalized spacial score (nSPS) is 21.1. The Bertz CT molecular complexity index is 1060. The highest BCUT2D eigenvalue weighted by molar-refractivity contribution is 5.96. The molecule has 0 spiro atoms. The molecule has 2 aromatic carbocycles. The van der Waals surface area contributed by atoms with E-state index < -0.39 is 5.60 Å². The molecule has 2 saturated heterocycles. The number of amides is 1. The summed E-state index contributed by atoms with van der Waals surface area (Å²) in [4.78, 5) is 14.9. The Hall–Kier alpha value is -2.67. The molecule has 2 N–H and O–H groups in total. The second kappa shape index (κ2) is 9.06. The SMILES string of the molecule is O=C(NC[C@H]1CCCO1)c1cc2cc(C3(O)CCN(Cc4ccccc4)CC3)ccc2o1. The maximum atomic E-state index is 12.5. The summed E-state index contributed by atoms with van der Waals surface area (Å²) in [6.07, 6.45) is 3.47. The summed E-state index contributed by atoms with van der Waals surface area (Å²) in [5.41, 5.74) is 1.97. The molecule has 1 aromatic heterocycles. The van der Waals surface area contributed by atoms with E-state index >= 15 is 0 Å². The van der Waals surface area contributed by atoms with E-state index in [1.807, 2.05) is 24.3 Å². The minimum absolute atomic E-state index is 0.0944. The van der Waals surface area contributed by atoms with Crippen molar-refractivity contribution in [3.63, 3.8) is 0 Å². The van der Waals surface area contributed by atoms with E-state index in [0.29, 0.717) is 30.7 Å². The number of carbonyl (C=O) groups is 1. The first kappa shape index (κ1) is 21.2. The molecule has 5 rings (SSSR count). The van der Waals surface area contributed by atoms with Gasteiger partial charge >= 0.3 is 0 Å². The van der Waals surface area contributed by atoms with E-state index in [0.717, 1.165) is 50.0 Å². The van der Waals surface area contributed by atoms with Crippen molar-refractivity contribution in [1.29, 1.82) is 0 Å². The third-order valence-corrected chi connectivity index (χ3v) is 6.72. The predicted molar refractivity (Wildman–Crippen MR) is 122 cm³/mol. The highest BCUT2D eigenvalue weighted by Gasteiger charge is 2.34. The van der Waals surface area contributed by atoms with Gasteiger partial charge in [-0.25, -0.2) is 0 Å². The number of hydrogen-bond acceptors (Lipinski definition) is 5. The largest absolute Gasteiger partial charge is 0.451 e. The lowest BCUT2D eigenvalue weighted by atomic mass is 9.84. The van der Waals surface area contributed by atoms with Crippen LogP contribution in [0.5, 0.6) is 0 Å². The van der Waals surface area contributed by atoms with Crippen LogP contribution in [0.15, 0.2) is 59.0 Å². The summed E-state index contributed by atoms with van der Waals surface area (Å²) < 4.78 is 11.3. The molecule has 6 heteroatoms. The number of fused-ring (bicyclic) bond motifs is 1. The molecule has 0 bridgehead atoms. The van der Waals surface area contributed by atoms with Crippen molar-refractivity contribution in [2.75, 3.05) is 26.2 Å². The standard InChI is InChI=1S/C26H30N2O4/c29-25(27-17-22-7-4-14-31-22)24-16-20-15-21(8-9-23(20)32-24)26(30)10-12-28(13-11-26)18-19-5-2-1-3-6-19/h1-3,5-6,8-9,15-16,22,30H,4,7,10-14,17-18H2,(H,27,29)/t22-/m1/s1. The molecule has 3 aromatic rings. The van der Waals surface area contributed by atoms with E-state index in [2.05, 4.69) is 34.5 Å². The van der Waals surface area contributed by atoms with Crippen molar-refractivity contribution in [1.82, 2.24) is 10.2 Å². The summed E-state index contributed by atoms with van der Waals surface area (Å²) in [5.74, 6) is 0.0611. The first-order chi connectivity index (χ1) is 15.6. The molecule has 3 heterocycles. The van der Waals surface area contributed by atoms with Crippen LogP contribution in [-0.4, -0.2) is 48.3 Å². The summed E-state index contributed by atoms with van der Waals surface area (Å²) in [6.45, 7) is 3.85. The van der Waals surface area contributed by atoms with Crippen LogP contribution in [0.4, 0.5) is 0 Å². The molecule has 1 atom stereocenters. The number of hydrogen-bond donors (Lipinski definition) is 2.